The lowest BCUT2D eigenvalue weighted by Crippen LogP contribution is -2.56. The summed E-state index contributed by atoms with van der Waals surface area (Å²) in [6.45, 7) is 3.62. The number of nitrogens with one attached hydrogen (secondary N) is 1. The zero-order valence-corrected chi connectivity index (χ0v) is 22.6. The van der Waals surface area contributed by atoms with Crippen molar-refractivity contribution in [1.29, 1.82) is 5.26 Å². The minimum Gasteiger partial charge on any atom is -0.390 e. The second kappa shape index (κ2) is 11.9. The largest absolute Gasteiger partial charge is 0.390 e. The molecule has 2 aliphatic rings. The average molecular weight is 548 g/mol. The number of hydrogen-bond donors (Lipinski definition) is 4. The van der Waals surface area contributed by atoms with E-state index in [4.69, 9.17) is 4.74 Å². The number of aliphatic hydroxyl groups excluding tert-OH is 3. The molecule has 204 valence electrons. The van der Waals surface area contributed by atoms with E-state index in [2.05, 4.69) is 46.6 Å². The van der Waals surface area contributed by atoms with Gasteiger partial charge in [-0.3, -0.25) is 4.79 Å². The lowest BCUT2D eigenvalue weighted by molar-refractivity contribution is -0.258. The fraction of sp³-hybridized carbons (Fsp3) is 0.400. The first kappa shape index (κ1) is 27.3. The molecular weight excluding hydrogens is 514 g/mol. The van der Waals surface area contributed by atoms with E-state index in [1.54, 1.807) is 6.92 Å². The van der Waals surface area contributed by atoms with Crippen LogP contribution in [0.3, 0.4) is 0 Å². The number of hydrogen-bond acceptors (Lipinski definition) is 8. The Morgan fingerprint density at radius 1 is 1.08 bits per heavy atom. The van der Waals surface area contributed by atoms with Gasteiger partial charge in [-0.05, 0) is 72.0 Å². The molecule has 2 saturated heterocycles. The van der Waals surface area contributed by atoms with Gasteiger partial charge >= 0.3 is 0 Å². The number of carbonyl (C=O) groups excluding carboxylic acids is 1. The lowest BCUT2D eigenvalue weighted by atomic mass is 9.92. The molecule has 0 radical (unpaired) electrons. The Kier molecular flexibility index (Phi) is 8.31. The fourth-order valence-electron chi connectivity index (χ4n) is 5.15. The van der Waals surface area contributed by atoms with Crippen molar-refractivity contribution in [3.63, 3.8) is 0 Å². The molecule has 2 fully saturated rings. The highest BCUT2D eigenvalue weighted by Gasteiger charge is 2.41. The molecule has 2 aromatic carbocycles. The number of thiophene rings is 1. The molecule has 9 heteroatoms. The van der Waals surface area contributed by atoms with E-state index < -0.39 is 36.4 Å². The van der Waals surface area contributed by atoms with Crippen LogP contribution in [0.25, 0.3) is 27.3 Å². The number of ether oxygens (including phenoxy) is 1. The van der Waals surface area contributed by atoms with Gasteiger partial charge in [-0.15, -0.1) is 11.3 Å². The topological polar surface area (TPSA) is 126 Å². The maximum atomic E-state index is 12.7. The van der Waals surface area contributed by atoms with Crippen molar-refractivity contribution in [3.8, 4) is 16.5 Å². The minimum absolute atomic E-state index is 0.0908. The van der Waals surface area contributed by atoms with Gasteiger partial charge in [0, 0.05) is 41.0 Å². The van der Waals surface area contributed by atoms with Crippen LogP contribution in [0.4, 0.5) is 5.69 Å². The second-order valence-electron chi connectivity index (χ2n) is 10.3. The minimum atomic E-state index is -1.27. The van der Waals surface area contributed by atoms with Gasteiger partial charge in [0.15, 0.2) is 6.29 Å². The van der Waals surface area contributed by atoms with Crippen molar-refractivity contribution in [2.24, 2.45) is 5.92 Å². The zero-order chi connectivity index (χ0) is 27.5. The van der Waals surface area contributed by atoms with Crippen molar-refractivity contribution in [3.05, 3.63) is 59.0 Å². The summed E-state index contributed by atoms with van der Waals surface area (Å²) >= 11 is 1.48. The van der Waals surface area contributed by atoms with Crippen LogP contribution in [0.5, 0.6) is 0 Å². The van der Waals surface area contributed by atoms with Gasteiger partial charge in [-0.2, -0.15) is 5.26 Å². The molecule has 5 atom stereocenters. The van der Waals surface area contributed by atoms with E-state index in [0.29, 0.717) is 0 Å². The molecule has 3 aromatic rings. The van der Waals surface area contributed by atoms with Gasteiger partial charge in [0.1, 0.15) is 23.9 Å². The molecule has 1 amide bonds. The maximum absolute atomic E-state index is 12.7. The van der Waals surface area contributed by atoms with Gasteiger partial charge in [0.2, 0.25) is 0 Å². The van der Waals surface area contributed by atoms with Crippen LogP contribution in [-0.2, 0) is 9.53 Å². The number of aliphatic hydroxyl groups is 3. The summed E-state index contributed by atoms with van der Waals surface area (Å²) in [5, 5.41) is 44.7. The molecular formula is C30H33N3O5S. The van der Waals surface area contributed by atoms with Crippen molar-refractivity contribution in [2.45, 2.75) is 50.8 Å². The molecule has 3 heterocycles. The SMILES string of the molecule is C[C@H]1C(O)O[C@H](CNC(=O)/C(C#N)=C/c2ccc(-c3ccc4cc(N5CCCCC5)ccc4c3)s2)[C@@H](O)[C@@H]1O. The van der Waals surface area contributed by atoms with E-state index in [0.717, 1.165) is 33.8 Å². The number of nitrogens with zero attached hydrogens (tertiary/aromatic N) is 2. The standard InChI is InChI=1S/C30H33N3O5S/c1-18-27(34)28(35)25(38-30(18)37)17-32-29(36)22(16-31)15-24-9-10-26(39-24)21-6-5-20-14-23(8-7-19(20)13-21)33-11-3-2-4-12-33/h5-10,13-15,18,25,27-28,30,34-35,37H,2-4,11-12,17H2,1H3,(H,32,36)/b22-15+/t18-,25-,27-,28-,30?/m1/s1. The van der Waals surface area contributed by atoms with E-state index in [9.17, 15) is 25.4 Å². The van der Waals surface area contributed by atoms with Crippen LogP contribution in [0.2, 0.25) is 0 Å². The number of rotatable bonds is 6. The highest BCUT2D eigenvalue weighted by atomic mass is 32.1. The molecule has 8 nitrogen and oxygen atoms in total. The van der Waals surface area contributed by atoms with Gasteiger partial charge in [-0.1, -0.05) is 25.1 Å². The molecule has 0 saturated carbocycles. The first-order valence-electron chi connectivity index (χ1n) is 13.3. The number of piperidine rings is 1. The van der Waals surface area contributed by atoms with Crippen molar-refractivity contribution < 1.29 is 24.9 Å². The number of fused-ring (bicyclic) bond motifs is 1. The van der Waals surface area contributed by atoms with E-state index >= 15 is 0 Å². The van der Waals surface area contributed by atoms with E-state index in [-0.39, 0.29) is 12.1 Å². The highest BCUT2D eigenvalue weighted by Crippen LogP contribution is 2.33. The third-order valence-corrected chi connectivity index (χ3v) is 8.69. The van der Waals surface area contributed by atoms with E-state index in [1.165, 1.54) is 47.7 Å². The van der Waals surface area contributed by atoms with Crippen LogP contribution < -0.4 is 10.2 Å². The second-order valence-corrected chi connectivity index (χ2v) is 11.4. The van der Waals surface area contributed by atoms with Crippen LogP contribution in [0, 0.1) is 17.2 Å². The van der Waals surface area contributed by atoms with Gasteiger partial charge < -0.3 is 30.3 Å². The fourth-order valence-corrected chi connectivity index (χ4v) is 6.10. The quantitative estimate of drug-likeness (QED) is 0.274. The smallest absolute Gasteiger partial charge is 0.262 e. The normalized spacial score (nSPS) is 25.9. The van der Waals surface area contributed by atoms with Crippen LogP contribution >= 0.6 is 11.3 Å². The van der Waals surface area contributed by atoms with Gasteiger partial charge in [-0.25, -0.2) is 0 Å². The number of benzene rings is 2. The third kappa shape index (κ3) is 6.01. The Morgan fingerprint density at radius 2 is 1.82 bits per heavy atom. The van der Waals surface area contributed by atoms with Crippen LogP contribution in [0.15, 0.2) is 54.1 Å². The molecule has 1 aromatic heterocycles. The van der Waals surface area contributed by atoms with E-state index in [1.807, 2.05) is 18.2 Å². The van der Waals surface area contributed by atoms with Gasteiger partial charge in [0.25, 0.3) is 5.91 Å². The van der Waals surface area contributed by atoms with Crippen LogP contribution in [-0.4, -0.2) is 65.5 Å². The van der Waals surface area contributed by atoms with Crippen LogP contribution in [0.1, 0.15) is 31.1 Å². The number of anilines is 1. The highest BCUT2D eigenvalue weighted by molar-refractivity contribution is 7.16. The zero-order valence-electron chi connectivity index (χ0n) is 21.8. The predicted octanol–water partition coefficient (Wildman–Crippen LogP) is 3.66. The molecule has 0 spiro atoms. The molecule has 0 aliphatic carbocycles. The summed E-state index contributed by atoms with van der Waals surface area (Å²) in [7, 11) is 0. The Balaban J connectivity index is 1.26. The number of carbonyl (C=O) groups is 1. The predicted molar refractivity (Wildman–Crippen MR) is 152 cm³/mol. The molecule has 1 unspecified atom stereocenters. The summed E-state index contributed by atoms with van der Waals surface area (Å²) in [6.07, 6.45) is 0.620. The van der Waals surface area contributed by atoms with Crippen molar-refractivity contribution in [1.82, 2.24) is 5.32 Å². The molecule has 39 heavy (non-hydrogen) atoms. The third-order valence-electron chi connectivity index (χ3n) is 7.61. The van der Waals surface area contributed by atoms with Crippen molar-refractivity contribution >= 4 is 39.8 Å². The van der Waals surface area contributed by atoms with Gasteiger partial charge in [0.05, 0.1) is 6.10 Å². The molecule has 4 N–H and O–H groups in total. The first-order chi connectivity index (χ1) is 18.8. The monoisotopic (exact) mass is 547 g/mol. The Morgan fingerprint density at radius 3 is 2.59 bits per heavy atom. The summed E-state index contributed by atoms with van der Waals surface area (Å²) < 4.78 is 5.31. The number of amides is 1. The Labute approximate surface area is 231 Å². The summed E-state index contributed by atoms with van der Waals surface area (Å²) in [6, 6.07) is 18.8. The lowest BCUT2D eigenvalue weighted by Gasteiger charge is -2.39. The number of nitriles is 1. The molecule has 2 aliphatic heterocycles. The first-order valence-corrected chi connectivity index (χ1v) is 14.1. The summed E-state index contributed by atoms with van der Waals surface area (Å²) in [5.41, 5.74) is 2.25. The summed E-state index contributed by atoms with van der Waals surface area (Å²) in [5.74, 6) is -1.28. The Bertz CT molecular complexity index is 1410. The average Bonchev–Trinajstić information content (AvgIpc) is 3.44. The molecule has 5 rings (SSSR count). The maximum Gasteiger partial charge on any atom is 0.262 e. The summed E-state index contributed by atoms with van der Waals surface area (Å²) in [4.78, 5) is 16.9. The van der Waals surface area contributed by atoms with Crippen molar-refractivity contribution in [2.75, 3.05) is 24.5 Å². The Hall–Kier alpha value is -3.26. The molecule has 0 bridgehead atoms.